The highest BCUT2D eigenvalue weighted by Crippen LogP contribution is 2.21. The molecule has 0 amide bonds. The van der Waals surface area contributed by atoms with Gasteiger partial charge in [-0.1, -0.05) is 141 Å². The summed E-state index contributed by atoms with van der Waals surface area (Å²) in [5.74, 6) is -0.370. The van der Waals surface area contributed by atoms with Gasteiger partial charge in [0, 0.05) is 67.9 Å². The van der Waals surface area contributed by atoms with E-state index in [2.05, 4.69) is 116 Å². The van der Waals surface area contributed by atoms with Crippen molar-refractivity contribution in [3.63, 3.8) is 0 Å². The SMILES string of the molecule is CCCCCCN(CCCCCC)c1ccc(/C=C/c2cc[n+](CCCS(=O)(=O)[O-])c(/C=C/c3ccc(N(CCCCCC)CCCCCC)cc3)c2)cc1. The molecule has 0 bridgehead atoms. The number of hydrogen-bond acceptors (Lipinski definition) is 5. The number of aromatic nitrogens is 1. The molecule has 2 aromatic carbocycles. The van der Waals surface area contributed by atoms with Gasteiger partial charge in [0.2, 0.25) is 5.69 Å². The van der Waals surface area contributed by atoms with Gasteiger partial charge in [0.15, 0.2) is 6.20 Å². The van der Waals surface area contributed by atoms with Gasteiger partial charge in [-0.05, 0) is 72.7 Å². The normalized spacial score (nSPS) is 11.9. The van der Waals surface area contributed by atoms with Gasteiger partial charge in [0.1, 0.15) is 6.54 Å². The molecule has 0 aliphatic heterocycles. The van der Waals surface area contributed by atoms with Crippen LogP contribution in [0.15, 0.2) is 66.9 Å². The van der Waals surface area contributed by atoms with Gasteiger partial charge in [0.25, 0.3) is 0 Å². The van der Waals surface area contributed by atoms with Crippen molar-refractivity contribution >= 4 is 45.8 Å². The summed E-state index contributed by atoms with van der Waals surface area (Å²) in [4.78, 5) is 5.12. The second-order valence-electron chi connectivity index (χ2n) is 15.3. The van der Waals surface area contributed by atoms with Gasteiger partial charge in [-0.2, -0.15) is 4.57 Å². The van der Waals surface area contributed by atoms with Gasteiger partial charge < -0.3 is 14.4 Å². The molecule has 0 unspecified atom stereocenters. The summed E-state index contributed by atoms with van der Waals surface area (Å²) in [6.07, 6.45) is 31.0. The van der Waals surface area contributed by atoms with Crippen molar-refractivity contribution in [2.75, 3.05) is 41.7 Å². The van der Waals surface area contributed by atoms with Gasteiger partial charge in [-0.15, -0.1) is 0 Å². The summed E-state index contributed by atoms with van der Waals surface area (Å²) in [6.45, 7) is 13.9. The highest BCUT2D eigenvalue weighted by molar-refractivity contribution is 7.85. The lowest BCUT2D eigenvalue weighted by Crippen LogP contribution is -2.37. The average Bonchev–Trinajstić information content (AvgIpc) is 3.18. The Kier molecular flexibility index (Phi) is 22.8. The zero-order valence-electron chi connectivity index (χ0n) is 34.9. The minimum atomic E-state index is -4.26. The Hall–Kier alpha value is -3.42. The van der Waals surface area contributed by atoms with E-state index >= 15 is 0 Å². The smallest absolute Gasteiger partial charge is 0.205 e. The molecule has 0 saturated carbocycles. The number of rotatable bonds is 30. The fraction of sp³-hybridized carbons (Fsp3) is 0.562. The molecule has 0 N–H and O–H groups in total. The zero-order chi connectivity index (χ0) is 39.6. The van der Waals surface area contributed by atoms with Gasteiger partial charge in [-0.3, -0.25) is 0 Å². The molecular weight excluding hydrogens is 699 g/mol. The second kappa shape index (κ2) is 27.2. The number of hydrogen-bond donors (Lipinski definition) is 0. The fourth-order valence-electron chi connectivity index (χ4n) is 7.05. The first-order valence-corrected chi connectivity index (χ1v) is 23.4. The van der Waals surface area contributed by atoms with Crippen LogP contribution in [-0.2, 0) is 16.7 Å². The highest BCUT2D eigenvalue weighted by Gasteiger charge is 2.11. The second-order valence-corrected chi connectivity index (χ2v) is 16.8. The van der Waals surface area contributed by atoms with Crippen molar-refractivity contribution in [1.29, 1.82) is 0 Å². The zero-order valence-corrected chi connectivity index (χ0v) is 35.7. The van der Waals surface area contributed by atoms with Crippen molar-refractivity contribution in [3.05, 3.63) is 89.2 Å². The lowest BCUT2D eigenvalue weighted by atomic mass is 10.1. The minimum absolute atomic E-state index is 0.272. The van der Waals surface area contributed by atoms with E-state index in [1.165, 1.54) is 114 Å². The van der Waals surface area contributed by atoms with Crippen LogP contribution in [0.5, 0.6) is 0 Å². The quantitative estimate of drug-likeness (QED) is 0.0383. The van der Waals surface area contributed by atoms with E-state index in [0.29, 0.717) is 6.54 Å². The predicted molar refractivity (Wildman–Crippen MR) is 238 cm³/mol. The molecule has 3 rings (SSSR count). The summed E-state index contributed by atoms with van der Waals surface area (Å²) in [7, 11) is -4.26. The molecule has 0 spiro atoms. The average molecular weight is 772 g/mol. The third-order valence-electron chi connectivity index (χ3n) is 10.4. The van der Waals surface area contributed by atoms with Crippen LogP contribution >= 0.6 is 0 Å². The first-order chi connectivity index (χ1) is 26.8. The number of benzene rings is 2. The standard InChI is InChI=1S/C48H73N3O3S/c1-5-9-13-17-35-49(36-18-14-10-6-2)46-29-24-43(25-30-46)22-23-45-34-40-51(39-21-41-55(52,53)54)48(42-45)33-28-44-26-31-47(32-27-44)50(37-19-15-11-7-3)38-20-16-12-8-4/h22-34,40,42H,5-21,35-39,41H2,1-4H3. The lowest BCUT2D eigenvalue weighted by Gasteiger charge is -2.25. The molecule has 1 heterocycles. The van der Waals surface area contributed by atoms with Crippen LogP contribution in [0.4, 0.5) is 11.4 Å². The van der Waals surface area contributed by atoms with Gasteiger partial charge in [0.05, 0.1) is 10.1 Å². The summed E-state index contributed by atoms with van der Waals surface area (Å²) < 4.78 is 36.1. The van der Waals surface area contributed by atoms with Crippen LogP contribution in [-0.4, -0.2) is 44.9 Å². The highest BCUT2D eigenvalue weighted by atomic mass is 32.2. The Morgan fingerprint density at radius 3 is 1.31 bits per heavy atom. The maximum atomic E-state index is 11.3. The number of unbranched alkanes of at least 4 members (excludes halogenated alkanes) is 12. The number of nitrogens with zero attached hydrogens (tertiary/aromatic N) is 3. The van der Waals surface area contributed by atoms with E-state index in [-0.39, 0.29) is 12.2 Å². The molecule has 304 valence electrons. The van der Waals surface area contributed by atoms with Crippen molar-refractivity contribution < 1.29 is 17.5 Å². The number of anilines is 2. The van der Waals surface area contributed by atoms with E-state index in [1.54, 1.807) is 0 Å². The van der Waals surface area contributed by atoms with Crippen LogP contribution in [0.2, 0.25) is 0 Å². The van der Waals surface area contributed by atoms with E-state index in [4.69, 9.17) is 0 Å². The number of pyridine rings is 1. The Bertz CT molecular complexity index is 1590. The van der Waals surface area contributed by atoms with Crippen LogP contribution in [0.1, 0.15) is 159 Å². The Morgan fingerprint density at radius 2 is 0.909 bits per heavy atom. The molecule has 0 aliphatic carbocycles. The van der Waals surface area contributed by atoms with Crippen molar-refractivity contribution in [2.24, 2.45) is 0 Å². The Balaban J connectivity index is 1.77. The van der Waals surface area contributed by atoms with Gasteiger partial charge >= 0.3 is 0 Å². The van der Waals surface area contributed by atoms with Crippen LogP contribution in [0, 0.1) is 0 Å². The van der Waals surface area contributed by atoms with Crippen LogP contribution in [0.3, 0.4) is 0 Å². The summed E-state index contributed by atoms with van der Waals surface area (Å²) in [5, 5.41) is 0. The molecular formula is C48H73N3O3S. The van der Waals surface area contributed by atoms with Crippen LogP contribution in [0.25, 0.3) is 24.3 Å². The third kappa shape index (κ3) is 19.3. The maximum absolute atomic E-state index is 11.3. The molecule has 55 heavy (non-hydrogen) atoms. The van der Waals surface area contributed by atoms with E-state index in [1.807, 2.05) is 16.8 Å². The molecule has 7 heteroatoms. The number of aryl methyl sites for hydroxylation is 1. The third-order valence-corrected chi connectivity index (χ3v) is 11.2. The summed E-state index contributed by atoms with van der Waals surface area (Å²) in [6, 6.07) is 22.0. The van der Waals surface area contributed by atoms with E-state index in [9.17, 15) is 13.0 Å². The summed E-state index contributed by atoms with van der Waals surface area (Å²) >= 11 is 0. The fourth-order valence-corrected chi connectivity index (χ4v) is 7.53. The van der Waals surface area contributed by atoms with Crippen molar-refractivity contribution in [2.45, 2.75) is 143 Å². The molecule has 3 aromatic rings. The first kappa shape index (κ1) is 46.0. The molecule has 0 fully saturated rings. The predicted octanol–water partition coefficient (Wildman–Crippen LogP) is 12.2. The van der Waals surface area contributed by atoms with Crippen molar-refractivity contribution in [1.82, 2.24) is 0 Å². The van der Waals surface area contributed by atoms with E-state index in [0.717, 1.165) is 48.6 Å². The molecule has 0 saturated heterocycles. The lowest BCUT2D eigenvalue weighted by molar-refractivity contribution is -0.698. The molecule has 0 aliphatic rings. The minimum Gasteiger partial charge on any atom is -0.748 e. The molecule has 0 radical (unpaired) electrons. The first-order valence-electron chi connectivity index (χ1n) is 21.8. The van der Waals surface area contributed by atoms with Crippen molar-refractivity contribution in [3.8, 4) is 0 Å². The Morgan fingerprint density at radius 1 is 0.509 bits per heavy atom. The monoisotopic (exact) mass is 772 g/mol. The molecule has 6 nitrogen and oxygen atoms in total. The molecule has 0 atom stereocenters. The topological polar surface area (TPSA) is 67.6 Å². The Labute approximate surface area is 336 Å². The van der Waals surface area contributed by atoms with Crippen LogP contribution < -0.4 is 14.4 Å². The van der Waals surface area contributed by atoms with Gasteiger partial charge in [-0.25, -0.2) is 8.42 Å². The van der Waals surface area contributed by atoms with E-state index < -0.39 is 10.1 Å². The largest absolute Gasteiger partial charge is 0.748 e. The molecule has 1 aromatic heterocycles. The maximum Gasteiger partial charge on any atom is 0.205 e. The summed E-state index contributed by atoms with van der Waals surface area (Å²) in [5.41, 5.74) is 6.87.